The average Bonchev–Trinajstić information content (AvgIpc) is 2.24. The van der Waals surface area contributed by atoms with Crippen LogP contribution >= 0.6 is 0 Å². The standard InChI is InChI=1S/C6H2F13NO2S/c7-1(8,3(11,12)5(15,16)17)2(9,10)4(13,14)6(18,19)23(20,21)22/h(H2,20,21,22). The maximum atomic E-state index is 12.8. The Hall–Kier alpha value is -1.00. The lowest BCUT2D eigenvalue weighted by molar-refractivity contribution is -0.433. The molecule has 0 rings (SSSR count). The van der Waals surface area contributed by atoms with E-state index in [-0.39, 0.29) is 0 Å². The third-order valence-electron chi connectivity index (χ3n) is 2.26. The van der Waals surface area contributed by atoms with Crippen molar-refractivity contribution < 1.29 is 65.5 Å². The summed E-state index contributed by atoms with van der Waals surface area (Å²) in [6, 6.07) is 0. The highest BCUT2D eigenvalue weighted by molar-refractivity contribution is 7.90. The van der Waals surface area contributed by atoms with Crippen LogP contribution in [0, 0.1) is 0 Å². The summed E-state index contributed by atoms with van der Waals surface area (Å²) in [6.07, 6.45) is -7.56. The molecule has 0 aromatic rings. The van der Waals surface area contributed by atoms with Gasteiger partial charge in [-0.2, -0.15) is 57.1 Å². The van der Waals surface area contributed by atoms with Gasteiger partial charge in [-0.3, -0.25) is 0 Å². The van der Waals surface area contributed by atoms with E-state index in [9.17, 15) is 65.5 Å². The lowest BCUT2D eigenvalue weighted by Gasteiger charge is -2.38. The molecule has 0 radical (unpaired) electrons. The van der Waals surface area contributed by atoms with E-state index in [4.69, 9.17) is 0 Å². The van der Waals surface area contributed by atoms with E-state index in [2.05, 4.69) is 5.14 Å². The number of nitrogens with two attached hydrogens (primary N) is 1. The summed E-state index contributed by atoms with van der Waals surface area (Å²) in [7, 11) is -7.11. The van der Waals surface area contributed by atoms with Crippen LogP contribution in [0.5, 0.6) is 0 Å². The highest BCUT2D eigenvalue weighted by Crippen LogP contribution is 2.60. The second-order valence-electron chi connectivity index (χ2n) is 3.86. The van der Waals surface area contributed by atoms with E-state index >= 15 is 0 Å². The third kappa shape index (κ3) is 2.70. The zero-order chi connectivity index (χ0) is 19.5. The molecule has 0 amide bonds. The van der Waals surface area contributed by atoms with Gasteiger partial charge >= 0.3 is 35.1 Å². The van der Waals surface area contributed by atoms with Gasteiger partial charge in [0.1, 0.15) is 0 Å². The number of hydrogen-bond acceptors (Lipinski definition) is 2. The van der Waals surface area contributed by atoms with E-state index in [1.807, 2.05) is 0 Å². The maximum Gasteiger partial charge on any atom is 0.460 e. The first-order valence-electron chi connectivity index (χ1n) is 4.48. The molecule has 3 nitrogen and oxygen atoms in total. The Kier molecular flexibility index (Phi) is 4.78. The zero-order valence-corrected chi connectivity index (χ0v) is 10.5. The van der Waals surface area contributed by atoms with Gasteiger partial charge < -0.3 is 0 Å². The van der Waals surface area contributed by atoms with Crippen molar-refractivity contribution in [1.82, 2.24) is 0 Å². The lowest BCUT2D eigenvalue weighted by Crippen LogP contribution is -2.71. The Morgan fingerprint density at radius 2 is 0.783 bits per heavy atom. The second-order valence-corrected chi connectivity index (χ2v) is 5.46. The number of rotatable bonds is 5. The fourth-order valence-corrected chi connectivity index (χ4v) is 1.42. The molecular formula is C6H2F13NO2S. The summed E-state index contributed by atoms with van der Waals surface area (Å²) in [5.74, 6) is -32.2. The molecule has 0 unspecified atom stereocenters. The van der Waals surface area contributed by atoms with Crippen LogP contribution in [0.15, 0.2) is 0 Å². The summed E-state index contributed by atoms with van der Waals surface area (Å²) in [6.45, 7) is 0. The Balaban J connectivity index is 6.48. The van der Waals surface area contributed by atoms with Gasteiger partial charge in [-0.1, -0.05) is 0 Å². The SMILES string of the molecule is NS(=O)(=O)C(F)(F)C(F)(F)C(F)(F)C(F)(F)C(F)(F)C(F)(F)F. The van der Waals surface area contributed by atoms with Crippen molar-refractivity contribution in [2.75, 3.05) is 0 Å². The van der Waals surface area contributed by atoms with Gasteiger partial charge in [0.05, 0.1) is 0 Å². The average molecular weight is 399 g/mol. The smallest absolute Gasteiger partial charge is 0.223 e. The van der Waals surface area contributed by atoms with Crippen molar-refractivity contribution in [3.05, 3.63) is 0 Å². The Labute approximate surface area is 117 Å². The van der Waals surface area contributed by atoms with Gasteiger partial charge in [0, 0.05) is 0 Å². The summed E-state index contributed by atoms with van der Waals surface area (Å²) < 4.78 is 181. The molecule has 0 aliphatic heterocycles. The number of hydrogen-bond donors (Lipinski definition) is 1. The Morgan fingerprint density at radius 3 is 1.00 bits per heavy atom. The van der Waals surface area contributed by atoms with E-state index in [1.54, 1.807) is 0 Å². The van der Waals surface area contributed by atoms with Crippen LogP contribution in [0.25, 0.3) is 0 Å². The lowest BCUT2D eigenvalue weighted by atomic mass is 9.98. The summed E-state index contributed by atoms with van der Waals surface area (Å²) in [5, 5.41) is -3.91. The van der Waals surface area contributed by atoms with Crippen molar-refractivity contribution in [3.8, 4) is 0 Å². The quantitative estimate of drug-likeness (QED) is 0.723. The molecule has 0 aromatic heterocycles. The summed E-state index contributed by atoms with van der Waals surface area (Å²) >= 11 is 0. The number of halogens is 13. The van der Waals surface area contributed by atoms with E-state index in [1.165, 1.54) is 0 Å². The molecule has 0 fully saturated rings. The maximum absolute atomic E-state index is 12.8. The molecular weight excluding hydrogens is 397 g/mol. The van der Waals surface area contributed by atoms with Crippen LogP contribution < -0.4 is 5.14 Å². The molecule has 0 aromatic carbocycles. The normalized spacial score (nSPS) is 16.6. The minimum atomic E-state index is -8.17. The first-order chi connectivity index (χ1) is 9.50. The molecule has 2 N–H and O–H groups in total. The number of primary sulfonamides is 1. The number of sulfonamides is 1. The van der Waals surface area contributed by atoms with Crippen LogP contribution in [0.1, 0.15) is 0 Å². The zero-order valence-electron chi connectivity index (χ0n) is 9.72. The van der Waals surface area contributed by atoms with Crippen LogP contribution in [-0.2, 0) is 10.0 Å². The van der Waals surface area contributed by atoms with E-state index < -0.39 is 45.1 Å². The van der Waals surface area contributed by atoms with Gasteiger partial charge in [0.25, 0.3) is 10.0 Å². The molecule has 0 spiro atoms. The largest absolute Gasteiger partial charge is 0.460 e. The van der Waals surface area contributed by atoms with Crippen LogP contribution in [0.4, 0.5) is 57.1 Å². The predicted octanol–water partition coefficient (Wildman–Crippen LogP) is 2.97. The highest BCUT2D eigenvalue weighted by atomic mass is 32.2. The molecule has 0 saturated carbocycles. The molecule has 0 atom stereocenters. The van der Waals surface area contributed by atoms with Crippen molar-refractivity contribution in [2.45, 2.75) is 35.1 Å². The van der Waals surface area contributed by atoms with E-state index in [0.29, 0.717) is 0 Å². The fourth-order valence-electron chi connectivity index (χ4n) is 0.934. The fraction of sp³-hybridized carbons (Fsp3) is 1.00. The minimum Gasteiger partial charge on any atom is -0.223 e. The summed E-state index contributed by atoms with van der Waals surface area (Å²) in [5.41, 5.74) is 0. The van der Waals surface area contributed by atoms with Gasteiger partial charge in [-0.15, -0.1) is 0 Å². The van der Waals surface area contributed by atoms with Crippen molar-refractivity contribution in [3.63, 3.8) is 0 Å². The van der Waals surface area contributed by atoms with Crippen molar-refractivity contribution in [1.29, 1.82) is 0 Å². The molecule has 23 heavy (non-hydrogen) atoms. The molecule has 0 aliphatic carbocycles. The van der Waals surface area contributed by atoms with Gasteiger partial charge in [-0.05, 0) is 0 Å². The molecule has 0 bridgehead atoms. The van der Waals surface area contributed by atoms with Crippen molar-refractivity contribution in [2.24, 2.45) is 5.14 Å². The molecule has 17 heteroatoms. The van der Waals surface area contributed by atoms with E-state index in [0.717, 1.165) is 0 Å². The highest BCUT2D eigenvalue weighted by Gasteiger charge is 2.92. The molecule has 0 heterocycles. The number of alkyl halides is 13. The third-order valence-corrected chi connectivity index (χ3v) is 3.23. The first kappa shape index (κ1) is 22.0. The van der Waals surface area contributed by atoms with Gasteiger partial charge in [0.15, 0.2) is 0 Å². The minimum absolute atomic E-state index is 3.39. The first-order valence-corrected chi connectivity index (χ1v) is 6.03. The van der Waals surface area contributed by atoms with Gasteiger partial charge in [0.2, 0.25) is 0 Å². The van der Waals surface area contributed by atoms with Gasteiger partial charge in [-0.25, -0.2) is 13.6 Å². The monoisotopic (exact) mass is 399 g/mol. The Bertz CT molecular complexity index is 562. The van der Waals surface area contributed by atoms with Crippen molar-refractivity contribution >= 4 is 10.0 Å². The molecule has 0 aliphatic rings. The topological polar surface area (TPSA) is 60.2 Å². The van der Waals surface area contributed by atoms with Crippen LogP contribution in [0.3, 0.4) is 0 Å². The van der Waals surface area contributed by atoms with Crippen LogP contribution in [0.2, 0.25) is 0 Å². The van der Waals surface area contributed by atoms with Crippen LogP contribution in [-0.4, -0.2) is 43.5 Å². The second kappa shape index (κ2) is 5.00. The Morgan fingerprint density at radius 1 is 0.522 bits per heavy atom. The summed E-state index contributed by atoms with van der Waals surface area (Å²) in [4.78, 5) is 0. The molecule has 140 valence electrons. The predicted molar refractivity (Wildman–Crippen MR) is 43.9 cm³/mol. The molecule has 0 saturated heterocycles.